The molecule has 6 heteroatoms. The summed E-state index contributed by atoms with van der Waals surface area (Å²) in [4.78, 5) is 10.9. The van der Waals surface area contributed by atoms with Crippen molar-refractivity contribution in [3.8, 4) is 0 Å². The number of nitrogens with zero attached hydrogens (tertiary/aromatic N) is 2. The molecule has 2 aromatic rings. The summed E-state index contributed by atoms with van der Waals surface area (Å²) in [6.45, 7) is 1.82. The molecule has 0 heterocycles. The standard InChI is InChI=1S/C17H17N3O2S/c1-12-9-14(16(21)22)7-8-15(12)10-19-20-17(18)23-11-13-5-3-2-4-6-13/h2-10H,11H2,1H3,(H2,18,20)(H,21,22). The molecule has 0 unspecified atom stereocenters. The number of carbonyl (C=O) groups is 1. The third-order valence-electron chi connectivity index (χ3n) is 3.10. The molecule has 0 radical (unpaired) electrons. The van der Waals surface area contributed by atoms with Gasteiger partial charge in [-0.05, 0) is 35.7 Å². The molecule has 0 saturated heterocycles. The van der Waals surface area contributed by atoms with Gasteiger partial charge in [0.15, 0.2) is 5.17 Å². The SMILES string of the molecule is Cc1cc(C(=O)O)ccc1C=NN=C(N)SCc1ccccc1. The van der Waals surface area contributed by atoms with Crippen molar-refractivity contribution in [1.29, 1.82) is 0 Å². The Balaban J connectivity index is 1.95. The monoisotopic (exact) mass is 327 g/mol. The molecule has 0 aromatic heterocycles. The average Bonchev–Trinajstić information content (AvgIpc) is 2.55. The molecule has 0 spiro atoms. The van der Waals surface area contributed by atoms with Crippen LogP contribution in [0.3, 0.4) is 0 Å². The van der Waals surface area contributed by atoms with Crippen LogP contribution >= 0.6 is 11.8 Å². The lowest BCUT2D eigenvalue weighted by molar-refractivity contribution is 0.0697. The summed E-state index contributed by atoms with van der Waals surface area (Å²) < 4.78 is 0. The first kappa shape index (κ1) is 16.8. The van der Waals surface area contributed by atoms with Crippen LogP contribution in [0.4, 0.5) is 0 Å². The Morgan fingerprint density at radius 2 is 2.00 bits per heavy atom. The second-order valence-electron chi connectivity index (χ2n) is 4.83. The molecular weight excluding hydrogens is 310 g/mol. The van der Waals surface area contributed by atoms with E-state index < -0.39 is 5.97 Å². The van der Waals surface area contributed by atoms with Crippen LogP contribution in [-0.4, -0.2) is 22.5 Å². The van der Waals surface area contributed by atoms with E-state index in [1.165, 1.54) is 23.4 Å². The molecule has 3 N–H and O–H groups in total. The Morgan fingerprint density at radius 3 is 2.65 bits per heavy atom. The quantitative estimate of drug-likeness (QED) is 0.501. The number of carboxylic acid groups (broad SMARTS) is 1. The molecule has 0 bridgehead atoms. The molecule has 5 nitrogen and oxygen atoms in total. The predicted octanol–water partition coefficient (Wildman–Crippen LogP) is 3.28. The largest absolute Gasteiger partial charge is 0.478 e. The van der Waals surface area contributed by atoms with Gasteiger partial charge in [0.05, 0.1) is 11.8 Å². The van der Waals surface area contributed by atoms with Crippen molar-refractivity contribution in [2.24, 2.45) is 15.9 Å². The second kappa shape index (κ2) is 8.14. The summed E-state index contributed by atoms with van der Waals surface area (Å²) in [5.41, 5.74) is 8.85. The van der Waals surface area contributed by atoms with Gasteiger partial charge in [0.1, 0.15) is 0 Å². The van der Waals surface area contributed by atoms with E-state index in [9.17, 15) is 4.79 Å². The lowest BCUT2D eigenvalue weighted by Gasteiger charge is -2.01. The van der Waals surface area contributed by atoms with Gasteiger partial charge in [-0.3, -0.25) is 0 Å². The van der Waals surface area contributed by atoms with Crippen LogP contribution in [-0.2, 0) is 5.75 Å². The molecule has 0 aliphatic rings. The molecule has 2 aromatic carbocycles. The van der Waals surface area contributed by atoms with Gasteiger partial charge in [0, 0.05) is 5.75 Å². The summed E-state index contributed by atoms with van der Waals surface area (Å²) in [5.74, 6) is -0.214. The van der Waals surface area contributed by atoms with Gasteiger partial charge in [-0.25, -0.2) is 4.79 Å². The topological polar surface area (TPSA) is 88.0 Å². The van der Waals surface area contributed by atoms with Crippen molar-refractivity contribution in [3.05, 3.63) is 70.8 Å². The van der Waals surface area contributed by atoms with Gasteiger partial charge >= 0.3 is 5.97 Å². The number of aryl methyl sites for hydroxylation is 1. The smallest absolute Gasteiger partial charge is 0.335 e. The molecule has 0 atom stereocenters. The van der Waals surface area contributed by atoms with Crippen LogP contribution in [0, 0.1) is 6.92 Å². The lowest BCUT2D eigenvalue weighted by atomic mass is 10.1. The number of amidine groups is 1. The highest BCUT2D eigenvalue weighted by atomic mass is 32.2. The molecular formula is C17H17N3O2S. The van der Waals surface area contributed by atoms with Gasteiger partial charge in [0.25, 0.3) is 0 Å². The first-order chi connectivity index (χ1) is 11.1. The summed E-state index contributed by atoms with van der Waals surface area (Å²) in [7, 11) is 0. The van der Waals surface area contributed by atoms with Crippen molar-refractivity contribution < 1.29 is 9.90 Å². The zero-order valence-electron chi connectivity index (χ0n) is 12.6. The number of aromatic carboxylic acids is 1. The summed E-state index contributed by atoms with van der Waals surface area (Å²) in [5, 5.41) is 17.2. The van der Waals surface area contributed by atoms with E-state index in [-0.39, 0.29) is 5.56 Å². The molecule has 0 aliphatic heterocycles. The highest BCUT2D eigenvalue weighted by molar-refractivity contribution is 8.13. The zero-order valence-corrected chi connectivity index (χ0v) is 13.5. The number of benzene rings is 2. The average molecular weight is 327 g/mol. The Hall–Kier alpha value is -2.60. The number of thioether (sulfide) groups is 1. The van der Waals surface area contributed by atoms with Crippen molar-refractivity contribution in [2.75, 3.05) is 0 Å². The normalized spacial score (nSPS) is 11.8. The Kier molecular flexibility index (Phi) is 5.94. The molecule has 118 valence electrons. The molecule has 0 amide bonds. The molecule has 0 aliphatic carbocycles. The molecule has 2 rings (SSSR count). The van der Waals surface area contributed by atoms with Gasteiger partial charge in [0.2, 0.25) is 0 Å². The van der Waals surface area contributed by atoms with Crippen LogP contribution in [0.1, 0.15) is 27.0 Å². The van der Waals surface area contributed by atoms with Crippen LogP contribution < -0.4 is 5.73 Å². The van der Waals surface area contributed by atoms with Crippen molar-refractivity contribution in [2.45, 2.75) is 12.7 Å². The Bertz CT molecular complexity index is 743. The maximum Gasteiger partial charge on any atom is 0.335 e. The van der Waals surface area contributed by atoms with Gasteiger partial charge < -0.3 is 10.8 Å². The van der Waals surface area contributed by atoms with Crippen molar-refractivity contribution in [3.63, 3.8) is 0 Å². The Morgan fingerprint density at radius 1 is 1.26 bits per heavy atom. The minimum absolute atomic E-state index is 0.251. The van der Waals surface area contributed by atoms with Crippen LogP contribution in [0.15, 0.2) is 58.7 Å². The predicted molar refractivity (Wildman–Crippen MR) is 95.1 cm³/mol. The summed E-state index contributed by atoms with van der Waals surface area (Å²) >= 11 is 1.41. The van der Waals surface area contributed by atoms with Gasteiger partial charge in [-0.2, -0.15) is 5.10 Å². The van der Waals surface area contributed by atoms with E-state index in [1.807, 2.05) is 37.3 Å². The maximum atomic E-state index is 10.9. The molecule has 0 fully saturated rings. The summed E-state index contributed by atoms with van der Waals surface area (Å²) in [6, 6.07) is 14.8. The highest BCUT2D eigenvalue weighted by Gasteiger charge is 2.04. The van der Waals surface area contributed by atoms with Crippen molar-refractivity contribution in [1.82, 2.24) is 0 Å². The number of hydrogen-bond acceptors (Lipinski definition) is 4. The van der Waals surface area contributed by atoms with Crippen LogP contribution in [0.25, 0.3) is 0 Å². The minimum atomic E-state index is -0.948. The van der Waals surface area contributed by atoms with E-state index in [4.69, 9.17) is 10.8 Å². The number of hydrogen-bond donors (Lipinski definition) is 2. The van der Waals surface area contributed by atoms with Crippen molar-refractivity contribution >= 4 is 29.1 Å². The maximum absolute atomic E-state index is 10.9. The molecule has 0 saturated carbocycles. The minimum Gasteiger partial charge on any atom is -0.478 e. The van der Waals surface area contributed by atoms with Crippen LogP contribution in [0.2, 0.25) is 0 Å². The third-order valence-corrected chi connectivity index (χ3v) is 3.95. The Labute approximate surface area is 138 Å². The summed E-state index contributed by atoms with van der Waals surface area (Å²) in [6.07, 6.45) is 1.57. The third kappa shape index (κ3) is 5.27. The van der Waals surface area contributed by atoms with E-state index >= 15 is 0 Å². The van der Waals surface area contributed by atoms with E-state index in [2.05, 4.69) is 10.2 Å². The van der Waals surface area contributed by atoms with Crippen LogP contribution in [0.5, 0.6) is 0 Å². The van der Waals surface area contributed by atoms with Gasteiger partial charge in [-0.15, -0.1) is 5.10 Å². The van der Waals surface area contributed by atoms with Gasteiger partial charge in [-0.1, -0.05) is 48.2 Å². The zero-order chi connectivity index (χ0) is 16.7. The number of carboxylic acids is 1. The highest BCUT2D eigenvalue weighted by Crippen LogP contribution is 2.12. The first-order valence-electron chi connectivity index (χ1n) is 6.93. The first-order valence-corrected chi connectivity index (χ1v) is 7.92. The van der Waals surface area contributed by atoms with E-state index in [1.54, 1.807) is 18.3 Å². The fourth-order valence-corrected chi connectivity index (χ4v) is 2.47. The fraction of sp³-hybridized carbons (Fsp3) is 0.118. The van der Waals surface area contributed by atoms with E-state index in [0.29, 0.717) is 5.17 Å². The fourth-order valence-electron chi connectivity index (χ4n) is 1.86. The number of rotatable bonds is 5. The second-order valence-corrected chi connectivity index (χ2v) is 5.83. The molecule has 23 heavy (non-hydrogen) atoms. The van der Waals surface area contributed by atoms with E-state index in [0.717, 1.165) is 16.9 Å². The number of nitrogens with two attached hydrogens (primary N) is 1. The lowest BCUT2D eigenvalue weighted by Crippen LogP contribution is -2.06.